The molecule has 0 unspecified atom stereocenters. The highest BCUT2D eigenvalue weighted by molar-refractivity contribution is 5.84. The lowest BCUT2D eigenvalue weighted by Crippen LogP contribution is -2.09. The number of aromatic nitrogens is 4. The zero-order chi connectivity index (χ0) is 17.8. The van der Waals surface area contributed by atoms with Gasteiger partial charge in [0.15, 0.2) is 0 Å². The molecule has 2 heterocycles. The van der Waals surface area contributed by atoms with E-state index in [4.69, 9.17) is 5.41 Å². The summed E-state index contributed by atoms with van der Waals surface area (Å²) in [6.07, 6.45) is 6.15. The molecule has 0 saturated heterocycles. The van der Waals surface area contributed by atoms with Crippen LogP contribution in [0.2, 0.25) is 0 Å². The molecule has 3 aromatic rings. The van der Waals surface area contributed by atoms with Crippen LogP contribution >= 0.6 is 0 Å². The van der Waals surface area contributed by atoms with E-state index in [-0.39, 0.29) is 12.4 Å². The third kappa shape index (κ3) is 3.79. The third-order valence-corrected chi connectivity index (χ3v) is 3.72. The van der Waals surface area contributed by atoms with Crippen molar-refractivity contribution in [1.29, 1.82) is 5.41 Å². The van der Waals surface area contributed by atoms with E-state index in [1.165, 1.54) is 12.3 Å². The molecule has 0 fully saturated rings. The molecule has 0 saturated carbocycles. The van der Waals surface area contributed by atoms with Gasteiger partial charge in [-0.1, -0.05) is 12.1 Å². The molecule has 8 heteroatoms. The molecule has 25 heavy (non-hydrogen) atoms. The van der Waals surface area contributed by atoms with Crippen molar-refractivity contribution in [3.63, 3.8) is 0 Å². The molecule has 0 radical (unpaired) electrons. The fourth-order valence-electron chi connectivity index (χ4n) is 2.38. The van der Waals surface area contributed by atoms with Crippen LogP contribution in [0.25, 0.3) is 0 Å². The van der Waals surface area contributed by atoms with E-state index in [0.29, 0.717) is 22.9 Å². The Labute approximate surface area is 144 Å². The lowest BCUT2D eigenvalue weighted by atomic mass is 10.1. The Morgan fingerprint density at radius 3 is 2.84 bits per heavy atom. The van der Waals surface area contributed by atoms with E-state index >= 15 is 0 Å². The number of benzene rings is 1. The molecule has 2 aromatic heterocycles. The van der Waals surface area contributed by atoms with Crippen molar-refractivity contribution in [3.8, 4) is 0 Å². The van der Waals surface area contributed by atoms with Gasteiger partial charge in [0, 0.05) is 37.8 Å². The first kappa shape index (κ1) is 16.6. The molecule has 1 aromatic carbocycles. The second-order valence-electron chi connectivity index (χ2n) is 5.56. The van der Waals surface area contributed by atoms with Crippen LogP contribution in [0.5, 0.6) is 0 Å². The normalized spacial score (nSPS) is 10.5. The maximum Gasteiger partial charge on any atom is 0.229 e. The smallest absolute Gasteiger partial charge is 0.229 e. The maximum atomic E-state index is 14.0. The quantitative estimate of drug-likeness (QED) is 0.601. The van der Waals surface area contributed by atoms with E-state index in [9.17, 15) is 4.39 Å². The van der Waals surface area contributed by atoms with Gasteiger partial charge in [0.2, 0.25) is 5.95 Å². The molecule has 0 atom stereocenters. The molecule has 0 spiro atoms. The molecular formula is C17H18FN7. The number of aryl methyl sites for hydroxylation is 2. The van der Waals surface area contributed by atoms with E-state index in [0.717, 1.165) is 17.5 Å². The lowest BCUT2D eigenvalue weighted by molar-refractivity contribution is 0.611. The van der Waals surface area contributed by atoms with Crippen molar-refractivity contribution in [2.75, 3.05) is 10.6 Å². The second-order valence-corrected chi connectivity index (χ2v) is 5.56. The van der Waals surface area contributed by atoms with Crippen molar-refractivity contribution in [1.82, 2.24) is 19.7 Å². The first-order valence-electron chi connectivity index (χ1n) is 7.68. The van der Waals surface area contributed by atoms with Crippen molar-refractivity contribution in [2.24, 2.45) is 7.05 Å². The Bertz CT molecular complexity index is 884. The summed E-state index contributed by atoms with van der Waals surface area (Å²) in [5.41, 5.74) is 2.69. The predicted octanol–water partition coefficient (Wildman–Crippen LogP) is 3.01. The van der Waals surface area contributed by atoms with Crippen LogP contribution in [-0.4, -0.2) is 26.0 Å². The van der Waals surface area contributed by atoms with E-state index in [2.05, 4.69) is 25.7 Å². The number of hydrogen-bond donors (Lipinski definition) is 3. The number of halogens is 1. The zero-order valence-electron chi connectivity index (χ0n) is 13.9. The van der Waals surface area contributed by atoms with Gasteiger partial charge in [0.1, 0.15) is 11.6 Å². The molecule has 7 nitrogen and oxygen atoms in total. The molecule has 0 aliphatic rings. The van der Waals surface area contributed by atoms with Crippen LogP contribution in [0.3, 0.4) is 0 Å². The van der Waals surface area contributed by atoms with Gasteiger partial charge in [-0.15, -0.1) is 0 Å². The molecule has 3 rings (SSSR count). The standard InChI is InChI=1S/C17H18FN7/c1-11-4-3-5-15(18)14(11)9-20-16-12(6-19)7-21-17(24-16)23-13-8-22-25(2)10-13/h3-8,10,19H,9H2,1-2H3,(H2,20,21,23,24). The fraction of sp³-hybridized carbons (Fsp3) is 0.176. The summed E-state index contributed by atoms with van der Waals surface area (Å²) in [7, 11) is 1.81. The number of hydrogen-bond acceptors (Lipinski definition) is 6. The minimum atomic E-state index is -0.272. The first-order valence-corrected chi connectivity index (χ1v) is 7.68. The van der Waals surface area contributed by atoms with Gasteiger partial charge in [0.05, 0.1) is 17.4 Å². The third-order valence-electron chi connectivity index (χ3n) is 3.72. The second kappa shape index (κ2) is 7.08. The Hall–Kier alpha value is -3.29. The van der Waals surface area contributed by atoms with Crippen LogP contribution in [0.15, 0.2) is 36.8 Å². The maximum absolute atomic E-state index is 14.0. The summed E-state index contributed by atoms with van der Waals surface area (Å²) < 4.78 is 15.6. The van der Waals surface area contributed by atoms with Gasteiger partial charge < -0.3 is 16.0 Å². The van der Waals surface area contributed by atoms with E-state index < -0.39 is 0 Å². The van der Waals surface area contributed by atoms with Crippen LogP contribution < -0.4 is 10.6 Å². The van der Waals surface area contributed by atoms with Crippen molar-refractivity contribution in [3.05, 3.63) is 59.3 Å². The zero-order valence-corrected chi connectivity index (χ0v) is 13.9. The van der Waals surface area contributed by atoms with Gasteiger partial charge >= 0.3 is 0 Å². The Balaban J connectivity index is 1.81. The first-order chi connectivity index (χ1) is 12.1. The van der Waals surface area contributed by atoms with Crippen LogP contribution in [0.4, 0.5) is 21.8 Å². The largest absolute Gasteiger partial charge is 0.365 e. The van der Waals surface area contributed by atoms with Crippen LogP contribution in [-0.2, 0) is 13.6 Å². The highest BCUT2D eigenvalue weighted by atomic mass is 19.1. The summed E-state index contributed by atoms with van der Waals surface area (Å²) in [5, 5.41) is 17.7. The molecule has 0 amide bonds. The van der Waals surface area contributed by atoms with Crippen molar-refractivity contribution < 1.29 is 4.39 Å². The number of nitrogens with one attached hydrogen (secondary N) is 3. The van der Waals surface area contributed by atoms with Gasteiger partial charge in [-0.2, -0.15) is 10.1 Å². The summed E-state index contributed by atoms with van der Waals surface area (Å²) in [4.78, 5) is 8.56. The van der Waals surface area contributed by atoms with Crippen LogP contribution in [0.1, 0.15) is 16.7 Å². The number of rotatable bonds is 6. The Kier molecular flexibility index (Phi) is 4.69. The number of anilines is 3. The summed E-state index contributed by atoms with van der Waals surface area (Å²) in [5.74, 6) is 0.553. The molecule has 0 aliphatic heterocycles. The molecule has 0 bridgehead atoms. The molecular weight excluding hydrogens is 321 g/mol. The fourth-order valence-corrected chi connectivity index (χ4v) is 2.38. The van der Waals surface area contributed by atoms with Gasteiger partial charge in [-0.05, 0) is 18.6 Å². The highest BCUT2D eigenvalue weighted by Crippen LogP contribution is 2.19. The van der Waals surface area contributed by atoms with Gasteiger partial charge in [0.25, 0.3) is 0 Å². The highest BCUT2D eigenvalue weighted by Gasteiger charge is 2.09. The monoisotopic (exact) mass is 339 g/mol. The molecule has 128 valence electrons. The van der Waals surface area contributed by atoms with E-state index in [1.807, 2.05) is 20.0 Å². The average molecular weight is 339 g/mol. The molecule has 3 N–H and O–H groups in total. The Morgan fingerprint density at radius 2 is 2.16 bits per heavy atom. The summed E-state index contributed by atoms with van der Waals surface area (Å²) in [6.45, 7) is 2.12. The minimum absolute atomic E-state index is 0.267. The minimum Gasteiger partial charge on any atom is -0.365 e. The topological polar surface area (TPSA) is 91.5 Å². The number of nitrogens with zero attached hydrogens (tertiary/aromatic N) is 4. The van der Waals surface area contributed by atoms with Gasteiger partial charge in [-0.25, -0.2) is 9.37 Å². The van der Waals surface area contributed by atoms with Crippen molar-refractivity contribution in [2.45, 2.75) is 13.5 Å². The molecule has 0 aliphatic carbocycles. The summed E-state index contributed by atoms with van der Waals surface area (Å²) in [6, 6.07) is 4.96. The predicted molar refractivity (Wildman–Crippen MR) is 94.9 cm³/mol. The summed E-state index contributed by atoms with van der Waals surface area (Å²) >= 11 is 0. The van der Waals surface area contributed by atoms with E-state index in [1.54, 1.807) is 23.1 Å². The van der Waals surface area contributed by atoms with Gasteiger partial charge in [-0.3, -0.25) is 4.68 Å². The SMILES string of the molecule is Cc1cccc(F)c1CNc1nc(Nc2cnn(C)c2)ncc1C=N. The van der Waals surface area contributed by atoms with Crippen molar-refractivity contribution >= 4 is 23.7 Å². The van der Waals surface area contributed by atoms with Crippen LogP contribution in [0, 0.1) is 18.2 Å². The lowest BCUT2D eigenvalue weighted by Gasteiger charge is -2.12. The average Bonchev–Trinajstić information content (AvgIpc) is 2.99. The Morgan fingerprint density at radius 1 is 1.32 bits per heavy atom.